The van der Waals surface area contributed by atoms with Gasteiger partial charge in [0.1, 0.15) is 17.4 Å². The van der Waals surface area contributed by atoms with Gasteiger partial charge in [0, 0.05) is 37.2 Å². The molecule has 0 unspecified atom stereocenters. The molecule has 0 aliphatic carbocycles. The smallest absolute Gasteiger partial charge is 0.251 e. The van der Waals surface area contributed by atoms with Crippen LogP contribution in [-0.2, 0) is 6.54 Å². The number of rotatable bonds is 5. The molecule has 0 spiro atoms. The van der Waals surface area contributed by atoms with E-state index in [1.807, 2.05) is 6.07 Å². The van der Waals surface area contributed by atoms with E-state index < -0.39 is 11.6 Å². The van der Waals surface area contributed by atoms with Gasteiger partial charge < -0.3 is 10.1 Å². The van der Waals surface area contributed by atoms with E-state index in [-0.39, 0.29) is 18.4 Å². The third kappa shape index (κ3) is 4.12. The van der Waals surface area contributed by atoms with Gasteiger partial charge in [-0.25, -0.2) is 8.78 Å². The summed E-state index contributed by atoms with van der Waals surface area (Å²) in [6.07, 6.45) is 0. The van der Waals surface area contributed by atoms with Gasteiger partial charge in [0.2, 0.25) is 0 Å². The van der Waals surface area contributed by atoms with Crippen LogP contribution in [0, 0.1) is 11.6 Å². The lowest BCUT2D eigenvalue weighted by atomic mass is 9.97. The fourth-order valence-electron chi connectivity index (χ4n) is 2.87. The number of ether oxygens (including phenoxy) is 1. The number of halogens is 2. The van der Waals surface area contributed by atoms with Crippen LogP contribution >= 0.6 is 0 Å². The predicted octanol–water partition coefficient (Wildman–Crippen LogP) is 2.09. The molecular formula is C18H19F2N3O2. The molecule has 0 bridgehead atoms. The summed E-state index contributed by atoms with van der Waals surface area (Å²) < 4.78 is 31.8. The third-order valence-electron chi connectivity index (χ3n) is 4.13. The molecule has 0 aromatic heterocycles. The van der Waals surface area contributed by atoms with Crippen molar-refractivity contribution in [3.63, 3.8) is 0 Å². The van der Waals surface area contributed by atoms with Crippen LogP contribution in [0.3, 0.4) is 0 Å². The molecule has 0 saturated carbocycles. The highest BCUT2D eigenvalue weighted by molar-refractivity contribution is 5.94. The summed E-state index contributed by atoms with van der Waals surface area (Å²) in [6.45, 7) is 1.61. The molecule has 5 nitrogen and oxygen atoms in total. The van der Waals surface area contributed by atoms with E-state index in [1.54, 1.807) is 19.2 Å². The molecule has 3 rings (SSSR count). The molecule has 132 valence electrons. The Morgan fingerprint density at radius 3 is 2.48 bits per heavy atom. The Bertz CT molecular complexity index is 757. The molecule has 1 heterocycles. The van der Waals surface area contributed by atoms with Crippen LogP contribution in [-0.4, -0.2) is 26.1 Å². The van der Waals surface area contributed by atoms with Crippen molar-refractivity contribution in [2.45, 2.75) is 12.5 Å². The molecule has 2 aromatic carbocycles. The van der Waals surface area contributed by atoms with Crippen molar-refractivity contribution in [3.8, 4) is 5.75 Å². The highest BCUT2D eigenvalue weighted by atomic mass is 19.1. The number of amides is 1. The van der Waals surface area contributed by atoms with E-state index in [2.05, 4.69) is 16.2 Å². The van der Waals surface area contributed by atoms with Crippen molar-refractivity contribution < 1.29 is 18.3 Å². The van der Waals surface area contributed by atoms with Crippen molar-refractivity contribution in [3.05, 3.63) is 64.7 Å². The first-order valence-corrected chi connectivity index (χ1v) is 7.93. The second kappa shape index (κ2) is 7.58. The maximum Gasteiger partial charge on any atom is 0.251 e. The largest absolute Gasteiger partial charge is 0.496 e. The minimum atomic E-state index is -0.672. The second-order valence-corrected chi connectivity index (χ2v) is 5.88. The lowest BCUT2D eigenvalue weighted by Gasteiger charge is -2.15. The molecule has 2 aromatic rings. The Morgan fingerprint density at radius 2 is 1.84 bits per heavy atom. The molecule has 1 fully saturated rings. The number of carbonyl (C=O) groups is 1. The first kappa shape index (κ1) is 17.3. The van der Waals surface area contributed by atoms with Gasteiger partial charge >= 0.3 is 0 Å². The summed E-state index contributed by atoms with van der Waals surface area (Å²) >= 11 is 0. The van der Waals surface area contributed by atoms with Crippen molar-refractivity contribution in [2.75, 3.05) is 20.2 Å². The number of hydrogen-bond acceptors (Lipinski definition) is 4. The molecule has 1 aliphatic rings. The van der Waals surface area contributed by atoms with Gasteiger partial charge in [-0.15, -0.1) is 0 Å². The Kier molecular flexibility index (Phi) is 5.25. The average molecular weight is 347 g/mol. The van der Waals surface area contributed by atoms with Crippen LogP contribution in [0.4, 0.5) is 8.78 Å². The van der Waals surface area contributed by atoms with Crippen LogP contribution in [0.1, 0.15) is 27.4 Å². The summed E-state index contributed by atoms with van der Waals surface area (Å²) in [4.78, 5) is 12.3. The van der Waals surface area contributed by atoms with Crippen LogP contribution in [0.5, 0.6) is 5.75 Å². The summed E-state index contributed by atoms with van der Waals surface area (Å²) in [5, 5.41) is 2.66. The van der Waals surface area contributed by atoms with Crippen molar-refractivity contribution in [1.29, 1.82) is 0 Å². The van der Waals surface area contributed by atoms with E-state index in [1.165, 1.54) is 12.1 Å². The van der Waals surface area contributed by atoms with Crippen LogP contribution in [0.2, 0.25) is 0 Å². The van der Waals surface area contributed by atoms with E-state index in [0.29, 0.717) is 16.9 Å². The molecular weight excluding hydrogens is 328 g/mol. The van der Waals surface area contributed by atoms with Gasteiger partial charge in [0.15, 0.2) is 0 Å². The Labute approximate surface area is 144 Å². The fourth-order valence-corrected chi connectivity index (χ4v) is 2.87. The maximum atomic E-state index is 13.2. The zero-order valence-electron chi connectivity index (χ0n) is 13.7. The van der Waals surface area contributed by atoms with E-state index in [9.17, 15) is 13.6 Å². The lowest BCUT2D eigenvalue weighted by molar-refractivity contribution is 0.0950. The van der Waals surface area contributed by atoms with Crippen LogP contribution in [0.15, 0.2) is 36.4 Å². The maximum absolute atomic E-state index is 13.2. The normalized spacial score (nSPS) is 14.5. The van der Waals surface area contributed by atoms with Crippen LogP contribution in [0.25, 0.3) is 0 Å². The summed E-state index contributed by atoms with van der Waals surface area (Å²) in [7, 11) is 1.56. The number of hydrazine groups is 1. The highest BCUT2D eigenvalue weighted by Gasteiger charge is 2.21. The minimum Gasteiger partial charge on any atom is -0.496 e. The molecule has 1 aliphatic heterocycles. The number of methoxy groups -OCH3 is 1. The van der Waals surface area contributed by atoms with Crippen LogP contribution < -0.4 is 20.9 Å². The average Bonchev–Trinajstić information content (AvgIpc) is 3.12. The topological polar surface area (TPSA) is 62.4 Å². The quantitative estimate of drug-likeness (QED) is 0.775. The monoisotopic (exact) mass is 347 g/mol. The molecule has 0 atom stereocenters. The van der Waals surface area contributed by atoms with Gasteiger partial charge in [0.05, 0.1) is 7.11 Å². The van der Waals surface area contributed by atoms with Crippen molar-refractivity contribution in [1.82, 2.24) is 16.2 Å². The van der Waals surface area contributed by atoms with Gasteiger partial charge in [-0.3, -0.25) is 15.6 Å². The van der Waals surface area contributed by atoms with Crippen molar-refractivity contribution >= 4 is 5.91 Å². The first-order valence-electron chi connectivity index (χ1n) is 7.93. The van der Waals surface area contributed by atoms with E-state index in [4.69, 9.17) is 4.74 Å². The van der Waals surface area contributed by atoms with Gasteiger partial charge in [-0.1, -0.05) is 6.07 Å². The molecule has 1 amide bonds. The van der Waals surface area contributed by atoms with Gasteiger partial charge in [-0.05, 0) is 35.4 Å². The Hall–Kier alpha value is -2.51. The zero-order chi connectivity index (χ0) is 17.8. The highest BCUT2D eigenvalue weighted by Crippen LogP contribution is 2.28. The number of hydrogen-bond donors (Lipinski definition) is 3. The predicted molar refractivity (Wildman–Crippen MR) is 89.3 cm³/mol. The summed E-state index contributed by atoms with van der Waals surface area (Å²) in [5.74, 6) is -0.775. The summed E-state index contributed by atoms with van der Waals surface area (Å²) in [6, 6.07) is 8.43. The molecule has 3 N–H and O–H groups in total. The number of nitrogens with one attached hydrogen (secondary N) is 3. The molecule has 0 radical (unpaired) electrons. The first-order chi connectivity index (χ1) is 12.1. The van der Waals surface area contributed by atoms with E-state index >= 15 is 0 Å². The standard InChI is InChI=1S/C18H19F2N3O2/c1-25-17-6-12(2-3-16(17)13-9-22-23-10-13)18(24)21-8-11-4-14(19)7-15(20)5-11/h2-7,13,22-23H,8-10H2,1H3,(H,21,24). The zero-order valence-corrected chi connectivity index (χ0v) is 13.7. The third-order valence-corrected chi connectivity index (χ3v) is 4.13. The van der Waals surface area contributed by atoms with Crippen molar-refractivity contribution in [2.24, 2.45) is 0 Å². The number of carbonyl (C=O) groups excluding carboxylic acids is 1. The number of benzene rings is 2. The molecule has 25 heavy (non-hydrogen) atoms. The Morgan fingerprint density at radius 1 is 1.16 bits per heavy atom. The molecule has 7 heteroatoms. The lowest BCUT2D eigenvalue weighted by Crippen LogP contribution is -2.23. The minimum absolute atomic E-state index is 0.0358. The molecule has 1 saturated heterocycles. The van der Waals surface area contributed by atoms with Gasteiger partial charge in [-0.2, -0.15) is 0 Å². The van der Waals surface area contributed by atoms with E-state index in [0.717, 1.165) is 24.7 Å². The SMILES string of the molecule is COc1cc(C(=O)NCc2cc(F)cc(F)c2)ccc1C1CNNC1. The second-order valence-electron chi connectivity index (χ2n) is 5.88. The fraction of sp³-hybridized carbons (Fsp3) is 0.278. The van der Waals surface area contributed by atoms with Gasteiger partial charge in [0.25, 0.3) is 5.91 Å². The summed E-state index contributed by atoms with van der Waals surface area (Å²) in [5.41, 5.74) is 7.93. The Balaban J connectivity index is 1.71.